The summed E-state index contributed by atoms with van der Waals surface area (Å²) in [5.41, 5.74) is 1.84. The summed E-state index contributed by atoms with van der Waals surface area (Å²) in [7, 11) is 0. The van der Waals surface area contributed by atoms with E-state index in [-0.39, 0.29) is 30.1 Å². The summed E-state index contributed by atoms with van der Waals surface area (Å²) in [6.07, 6.45) is 2.65. The SMILES string of the molecule is CCOC(=O)c1c(NC(=O)COC(=O)C(CC(C)C)N2C(=O)c3c(I)c(I)c(I)c(I)c3C2=O)sc2c1CCC(C)C2. The molecular weight excluding hydrogens is 1020 g/mol. The van der Waals surface area contributed by atoms with E-state index in [9.17, 15) is 24.0 Å². The number of hydrogen-bond donors (Lipinski definition) is 1. The molecule has 1 aliphatic heterocycles. The van der Waals surface area contributed by atoms with Gasteiger partial charge >= 0.3 is 11.9 Å². The summed E-state index contributed by atoms with van der Waals surface area (Å²) in [5.74, 6) is -2.63. The largest absolute Gasteiger partial charge is 0.462 e. The van der Waals surface area contributed by atoms with Crippen molar-refractivity contribution in [2.75, 3.05) is 18.5 Å². The number of thiophene rings is 1. The van der Waals surface area contributed by atoms with Gasteiger partial charge < -0.3 is 14.8 Å². The van der Waals surface area contributed by atoms with E-state index in [2.05, 4.69) is 103 Å². The van der Waals surface area contributed by atoms with E-state index in [1.54, 1.807) is 6.92 Å². The lowest BCUT2D eigenvalue weighted by Gasteiger charge is -2.26. The number of hydrogen-bond acceptors (Lipinski definition) is 8. The summed E-state index contributed by atoms with van der Waals surface area (Å²) in [6, 6.07) is -1.20. The standard InChI is InChI=1S/C28H28I4N2O7S/c1-5-40-28(39)17-13-7-6-12(4)9-15(13)42-24(17)33-16(35)10-41-27(38)14(8-11(2)3)34-25(36)18-19(26(34)37)21(30)23(32)22(31)20(18)29/h11-12,14H,5-10H2,1-4H3,(H,33,35). The van der Waals surface area contributed by atoms with Crippen molar-refractivity contribution >= 4 is 136 Å². The molecule has 0 bridgehead atoms. The zero-order chi connectivity index (χ0) is 31.0. The zero-order valence-corrected chi connectivity index (χ0v) is 32.6. The molecular formula is C28H28I4N2O7S. The number of imide groups is 1. The fourth-order valence-corrected chi connectivity index (χ4v) is 10.1. The molecule has 226 valence electrons. The summed E-state index contributed by atoms with van der Waals surface area (Å²) < 4.78 is 13.7. The topological polar surface area (TPSA) is 119 Å². The molecule has 1 aromatic heterocycles. The second-order valence-electron chi connectivity index (χ2n) is 10.6. The second kappa shape index (κ2) is 14.2. The van der Waals surface area contributed by atoms with E-state index in [4.69, 9.17) is 9.47 Å². The predicted molar refractivity (Wildman–Crippen MR) is 192 cm³/mol. The van der Waals surface area contributed by atoms with Gasteiger partial charge in [-0.25, -0.2) is 9.59 Å². The number of carbonyl (C=O) groups is 5. The number of anilines is 1. The van der Waals surface area contributed by atoms with Crippen molar-refractivity contribution in [3.8, 4) is 0 Å². The Morgan fingerprint density at radius 3 is 2.14 bits per heavy atom. The summed E-state index contributed by atoms with van der Waals surface area (Å²) >= 11 is 9.76. The Balaban J connectivity index is 1.54. The Bertz CT molecular complexity index is 1440. The van der Waals surface area contributed by atoms with Crippen LogP contribution in [0.3, 0.4) is 0 Å². The van der Waals surface area contributed by atoms with Gasteiger partial charge in [-0.05, 0) is 140 Å². The molecule has 3 amide bonds. The van der Waals surface area contributed by atoms with Crippen LogP contribution >= 0.6 is 102 Å². The molecule has 0 radical (unpaired) electrons. The molecule has 0 fully saturated rings. The number of amides is 3. The molecule has 1 aromatic carbocycles. The number of ether oxygens (including phenoxy) is 2. The molecule has 14 heteroatoms. The maximum atomic E-state index is 13.6. The number of rotatable bonds is 9. The lowest BCUT2D eigenvalue weighted by molar-refractivity contribution is -0.151. The Morgan fingerprint density at radius 2 is 1.60 bits per heavy atom. The molecule has 1 aliphatic carbocycles. The smallest absolute Gasteiger partial charge is 0.341 e. The van der Waals surface area contributed by atoms with E-state index >= 15 is 0 Å². The Morgan fingerprint density at radius 1 is 1.00 bits per heavy atom. The molecule has 2 heterocycles. The normalized spacial score (nSPS) is 16.8. The maximum Gasteiger partial charge on any atom is 0.341 e. The number of fused-ring (bicyclic) bond motifs is 2. The number of carbonyl (C=O) groups excluding carboxylic acids is 5. The molecule has 0 saturated heterocycles. The van der Waals surface area contributed by atoms with Gasteiger partial charge in [0.2, 0.25) is 0 Å². The second-order valence-corrected chi connectivity index (χ2v) is 16.0. The molecule has 2 atom stereocenters. The van der Waals surface area contributed by atoms with Gasteiger partial charge in [0.15, 0.2) is 6.61 Å². The minimum atomic E-state index is -1.20. The Hall–Kier alpha value is -0.610. The van der Waals surface area contributed by atoms with Gasteiger partial charge in [-0.2, -0.15) is 0 Å². The molecule has 0 spiro atoms. The highest BCUT2D eigenvalue weighted by molar-refractivity contribution is 14.1. The van der Waals surface area contributed by atoms with Crippen LogP contribution in [0.5, 0.6) is 0 Å². The third-order valence-corrected chi connectivity index (χ3v) is 15.6. The Labute approximate surface area is 302 Å². The van der Waals surface area contributed by atoms with E-state index in [0.29, 0.717) is 23.6 Å². The van der Waals surface area contributed by atoms with Crippen molar-refractivity contribution in [1.82, 2.24) is 4.90 Å². The van der Waals surface area contributed by atoms with Crippen molar-refractivity contribution in [1.29, 1.82) is 0 Å². The highest BCUT2D eigenvalue weighted by Crippen LogP contribution is 2.41. The van der Waals surface area contributed by atoms with Crippen LogP contribution in [-0.2, 0) is 31.9 Å². The molecule has 2 unspecified atom stereocenters. The van der Waals surface area contributed by atoms with Crippen LogP contribution in [0, 0.1) is 26.1 Å². The summed E-state index contributed by atoms with van der Waals surface area (Å²) in [4.78, 5) is 68.4. The highest BCUT2D eigenvalue weighted by atomic mass is 127. The first-order valence-electron chi connectivity index (χ1n) is 13.3. The predicted octanol–water partition coefficient (Wildman–Crippen LogP) is 6.66. The van der Waals surface area contributed by atoms with Crippen molar-refractivity contribution in [3.05, 3.63) is 41.4 Å². The third-order valence-electron chi connectivity index (χ3n) is 7.00. The number of halogens is 4. The van der Waals surface area contributed by atoms with Crippen molar-refractivity contribution in [3.63, 3.8) is 0 Å². The first-order chi connectivity index (χ1) is 19.8. The average Bonchev–Trinajstić information content (AvgIpc) is 3.40. The molecule has 2 aromatic rings. The highest BCUT2D eigenvalue weighted by Gasteiger charge is 2.47. The van der Waals surface area contributed by atoms with Gasteiger partial charge in [0, 0.05) is 19.2 Å². The third kappa shape index (κ3) is 6.80. The molecule has 4 rings (SSSR count). The van der Waals surface area contributed by atoms with Crippen LogP contribution in [0.4, 0.5) is 5.00 Å². The van der Waals surface area contributed by atoms with Gasteiger partial charge in [0.1, 0.15) is 11.0 Å². The lowest BCUT2D eigenvalue weighted by Crippen LogP contribution is -2.47. The summed E-state index contributed by atoms with van der Waals surface area (Å²) in [6.45, 7) is 7.19. The molecule has 9 nitrogen and oxygen atoms in total. The molecule has 1 N–H and O–H groups in total. The molecule has 0 saturated carbocycles. The van der Waals surface area contributed by atoms with Crippen molar-refractivity contribution in [2.45, 2.75) is 59.4 Å². The number of benzene rings is 1. The van der Waals surface area contributed by atoms with Crippen LogP contribution in [0.1, 0.15) is 82.1 Å². The Kier molecular flexibility index (Phi) is 11.6. The van der Waals surface area contributed by atoms with Crippen LogP contribution in [-0.4, -0.2) is 53.8 Å². The van der Waals surface area contributed by atoms with Gasteiger partial charge in [-0.3, -0.25) is 19.3 Å². The lowest BCUT2D eigenvalue weighted by atomic mass is 9.88. The van der Waals surface area contributed by atoms with Gasteiger partial charge in [-0.1, -0.05) is 20.8 Å². The number of nitrogens with one attached hydrogen (secondary N) is 1. The van der Waals surface area contributed by atoms with Gasteiger partial charge in [0.05, 0.1) is 23.3 Å². The first kappa shape index (κ1) is 34.3. The quantitative estimate of drug-likeness (QED) is 0.0982. The number of nitrogens with zero attached hydrogens (tertiary/aromatic N) is 1. The van der Waals surface area contributed by atoms with Crippen LogP contribution in [0.25, 0.3) is 0 Å². The fraction of sp³-hybridized carbons (Fsp3) is 0.464. The van der Waals surface area contributed by atoms with E-state index in [1.165, 1.54) is 11.3 Å². The monoisotopic (exact) mass is 1040 g/mol. The zero-order valence-electron chi connectivity index (χ0n) is 23.2. The first-order valence-corrected chi connectivity index (χ1v) is 18.4. The van der Waals surface area contributed by atoms with Gasteiger partial charge in [-0.15, -0.1) is 11.3 Å². The van der Waals surface area contributed by atoms with Gasteiger partial charge in [0.25, 0.3) is 17.7 Å². The minimum Gasteiger partial charge on any atom is -0.462 e. The van der Waals surface area contributed by atoms with E-state index in [1.807, 2.05) is 13.8 Å². The fourth-order valence-electron chi connectivity index (χ4n) is 5.06. The minimum absolute atomic E-state index is 0.0499. The van der Waals surface area contributed by atoms with Crippen molar-refractivity contribution in [2.24, 2.45) is 11.8 Å². The average molecular weight is 1040 g/mol. The van der Waals surface area contributed by atoms with E-state index < -0.39 is 42.3 Å². The maximum absolute atomic E-state index is 13.6. The number of esters is 2. The van der Waals surface area contributed by atoms with Crippen LogP contribution < -0.4 is 5.32 Å². The summed E-state index contributed by atoms with van der Waals surface area (Å²) in [5, 5.41) is 3.11. The van der Waals surface area contributed by atoms with Crippen LogP contribution in [0.2, 0.25) is 0 Å². The molecule has 42 heavy (non-hydrogen) atoms. The van der Waals surface area contributed by atoms with Crippen LogP contribution in [0.15, 0.2) is 0 Å². The van der Waals surface area contributed by atoms with E-state index in [0.717, 1.165) is 41.7 Å². The van der Waals surface area contributed by atoms with Crippen molar-refractivity contribution < 1.29 is 33.4 Å². The molecule has 2 aliphatic rings.